The molecule has 1 saturated carbocycles. The Morgan fingerprint density at radius 2 is 1.77 bits per heavy atom. The van der Waals surface area contributed by atoms with Gasteiger partial charge in [-0.15, -0.1) is 0 Å². The number of carbonyl (C=O) groups is 1. The number of hydrogen-bond acceptors (Lipinski definition) is 5. The zero-order valence-corrected chi connectivity index (χ0v) is 17.0. The summed E-state index contributed by atoms with van der Waals surface area (Å²) < 4.78 is 41.1. The molecule has 0 N–H and O–H groups in total. The van der Waals surface area contributed by atoms with E-state index < -0.39 is 16.1 Å². The van der Waals surface area contributed by atoms with Gasteiger partial charge < -0.3 is 9.29 Å². The fourth-order valence-corrected chi connectivity index (χ4v) is 4.70. The van der Waals surface area contributed by atoms with Gasteiger partial charge in [-0.1, -0.05) is 31.4 Å². The molecular formula is C19H18IO5S-. The van der Waals surface area contributed by atoms with Crippen LogP contribution in [0.1, 0.15) is 53.9 Å². The van der Waals surface area contributed by atoms with E-state index in [9.17, 15) is 17.8 Å². The van der Waals surface area contributed by atoms with Crippen molar-refractivity contribution in [2.24, 2.45) is 0 Å². The van der Waals surface area contributed by atoms with E-state index in [2.05, 4.69) is 22.6 Å². The van der Waals surface area contributed by atoms with Crippen molar-refractivity contribution >= 4 is 38.7 Å². The molecule has 138 valence electrons. The number of ether oxygens (including phenoxy) is 1. The number of rotatable bonds is 4. The molecule has 0 saturated heterocycles. The summed E-state index contributed by atoms with van der Waals surface area (Å²) in [6, 6.07) is 11.2. The average molecular weight is 485 g/mol. The van der Waals surface area contributed by atoms with Crippen molar-refractivity contribution in [3.8, 4) is 5.75 Å². The molecule has 0 radical (unpaired) electrons. The highest BCUT2D eigenvalue weighted by atomic mass is 127. The molecule has 3 rings (SSSR count). The topological polar surface area (TPSA) is 83.5 Å². The van der Waals surface area contributed by atoms with Crippen molar-refractivity contribution in [3.63, 3.8) is 0 Å². The molecule has 1 fully saturated rings. The molecule has 26 heavy (non-hydrogen) atoms. The Hall–Kier alpha value is -1.45. The van der Waals surface area contributed by atoms with E-state index in [-0.39, 0.29) is 16.6 Å². The Morgan fingerprint density at radius 3 is 2.42 bits per heavy atom. The molecule has 0 aliphatic heterocycles. The zero-order chi connectivity index (χ0) is 18.7. The van der Waals surface area contributed by atoms with Crippen LogP contribution in [0.3, 0.4) is 0 Å². The Bertz CT molecular complexity index is 917. The van der Waals surface area contributed by atoms with Crippen molar-refractivity contribution < 1.29 is 22.5 Å². The molecule has 5 nitrogen and oxygen atoms in total. The third-order valence-corrected chi connectivity index (χ3v) is 6.45. The molecule has 1 aliphatic carbocycles. The summed E-state index contributed by atoms with van der Waals surface area (Å²) in [4.78, 5) is 12.2. The largest absolute Gasteiger partial charge is 0.744 e. The smallest absolute Gasteiger partial charge is 0.344 e. The summed E-state index contributed by atoms with van der Waals surface area (Å²) in [6.07, 6.45) is 4.76. The number of halogens is 1. The monoisotopic (exact) mass is 485 g/mol. The van der Waals surface area contributed by atoms with Crippen LogP contribution in [0.25, 0.3) is 0 Å². The maximum atomic E-state index is 12.4. The van der Waals surface area contributed by atoms with E-state index in [1.165, 1.54) is 18.2 Å². The van der Waals surface area contributed by atoms with Gasteiger partial charge in [-0.25, -0.2) is 13.2 Å². The zero-order valence-electron chi connectivity index (χ0n) is 14.0. The molecule has 1 aliphatic rings. The summed E-state index contributed by atoms with van der Waals surface area (Å²) in [6.45, 7) is 0. The van der Waals surface area contributed by atoms with Crippen LogP contribution in [0.4, 0.5) is 0 Å². The van der Waals surface area contributed by atoms with Gasteiger partial charge in [-0.05, 0) is 77.2 Å². The first-order valence-corrected chi connectivity index (χ1v) is 10.9. The van der Waals surface area contributed by atoms with E-state index in [0.29, 0.717) is 11.1 Å². The summed E-state index contributed by atoms with van der Waals surface area (Å²) in [5, 5.41) is 0. The van der Waals surface area contributed by atoms with Gasteiger partial charge in [0.1, 0.15) is 15.9 Å². The highest BCUT2D eigenvalue weighted by molar-refractivity contribution is 14.1. The first kappa shape index (κ1) is 19.3. The first-order chi connectivity index (χ1) is 12.4. The van der Waals surface area contributed by atoms with Gasteiger partial charge in [0.05, 0.1) is 10.5 Å². The molecule has 0 heterocycles. The van der Waals surface area contributed by atoms with E-state index >= 15 is 0 Å². The Balaban J connectivity index is 1.93. The van der Waals surface area contributed by atoms with Gasteiger partial charge in [-0.3, -0.25) is 0 Å². The maximum absolute atomic E-state index is 12.4. The minimum absolute atomic E-state index is 0.00186. The van der Waals surface area contributed by atoms with Gasteiger partial charge >= 0.3 is 5.97 Å². The van der Waals surface area contributed by atoms with E-state index in [1.807, 2.05) is 6.07 Å². The standard InChI is InChI=1S/C19H19IO5S/c20-17-9-5-4-8-15(17)19(21)25-14-10-11-18(26(22,23)24)16(12-14)13-6-2-1-3-7-13/h4-5,8-13H,1-3,6-7H2,(H,22,23,24)/p-1. The normalized spacial score (nSPS) is 15.6. The molecule has 0 unspecified atom stereocenters. The van der Waals surface area contributed by atoms with Crippen LogP contribution in [-0.2, 0) is 10.1 Å². The Morgan fingerprint density at radius 1 is 1.08 bits per heavy atom. The first-order valence-electron chi connectivity index (χ1n) is 8.43. The van der Waals surface area contributed by atoms with Crippen LogP contribution >= 0.6 is 22.6 Å². The lowest BCUT2D eigenvalue weighted by Crippen LogP contribution is -2.13. The van der Waals surface area contributed by atoms with Crippen LogP contribution in [0.15, 0.2) is 47.4 Å². The molecule has 7 heteroatoms. The summed E-state index contributed by atoms with van der Waals surface area (Å²) in [7, 11) is -4.58. The third-order valence-electron chi connectivity index (χ3n) is 4.60. The van der Waals surface area contributed by atoms with Gasteiger partial charge in [0.25, 0.3) is 0 Å². The number of carbonyl (C=O) groups excluding carboxylic acids is 1. The highest BCUT2D eigenvalue weighted by Crippen LogP contribution is 2.37. The second kappa shape index (κ2) is 8.06. The van der Waals surface area contributed by atoms with Crippen LogP contribution in [0, 0.1) is 3.57 Å². The van der Waals surface area contributed by atoms with Gasteiger partial charge in [0.2, 0.25) is 0 Å². The average Bonchev–Trinajstić information content (AvgIpc) is 2.62. The minimum atomic E-state index is -4.58. The third kappa shape index (κ3) is 4.44. The molecule has 0 aromatic heterocycles. The van der Waals surface area contributed by atoms with Crippen molar-refractivity contribution in [1.82, 2.24) is 0 Å². The molecule has 0 bridgehead atoms. The van der Waals surface area contributed by atoms with E-state index in [0.717, 1.165) is 35.7 Å². The van der Waals surface area contributed by atoms with Gasteiger partial charge in [-0.2, -0.15) is 0 Å². The predicted octanol–water partition coefficient (Wildman–Crippen LogP) is 4.46. The van der Waals surface area contributed by atoms with E-state index in [1.54, 1.807) is 18.2 Å². The van der Waals surface area contributed by atoms with Crippen molar-refractivity contribution in [1.29, 1.82) is 0 Å². The summed E-state index contributed by atoms with van der Waals surface area (Å²) in [5.41, 5.74) is 0.903. The molecule has 2 aromatic rings. The minimum Gasteiger partial charge on any atom is -0.744 e. The van der Waals surface area contributed by atoms with Crippen LogP contribution in [0.5, 0.6) is 5.75 Å². The molecular weight excluding hydrogens is 467 g/mol. The molecule has 0 atom stereocenters. The predicted molar refractivity (Wildman–Crippen MR) is 104 cm³/mol. The quantitative estimate of drug-likeness (QED) is 0.276. The number of benzene rings is 2. The molecule has 0 amide bonds. The van der Waals surface area contributed by atoms with E-state index in [4.69, 9.17) is 4.74 Å². The summed E-state index contributed by atoms with van der Waals surface area (Å²) in [5.74, 6) is -0.261. The maximum Gasteiger partial charge on any atom is 0.344 e. The lowest BCUT2D eigenvalue weighted by atomic mass is 9.84. The fourth-order valence-electron chi connectivity index (χ4n) is 3.34. The van der Waals surface area contributed by atoms with Crippen LogP contribution < -0.4 is 4.74 Å². The lowest BCUT2D eigenvalue weighted by Gasteiger charge is -2.25. The molecule has 2 aromatic carbocycles. The fraction of sp³-hybridized carbons (Fsp3) is 0.316. The molecule has 0 spiro atoms. The number of esters is 1. The van der Waals surface area contributed by atoms with Crippen LogP contribution in [-0.4, -0.2) is 18.9 Å². The second-order valence-electron chi connectivity index (χ2n) is 6.36. The Kier molecular flexibility index (Phi) is 5.99. The lowest BCUT2D eigenvalue weighted by molar-refractivity contribution is 0.0733. The summed E-state index contributed by atoms with van der Waals surface area (Å²) >= 11 is 2.05. The van der Waals surface area contributed by atoms with Crippen molar-refractivity contribution in [2.45, 2.75) is 42.9 Å². The van der Waals surface area contributed by atoms with Crippen molar-refractivity contribution in [2.75, 3.05) is 0 Å². The Labute approximate surface area is 166 Å². The van der Waals surface area contributed by atoms with Gasteiger partial charge in [0, 0.05) is 3.57 Å². The number of hydrogen-bond donors (Lipinski definition) is 0. The van der Waals surface area contributed by atoms with Crippen LogP contribution in [0.2, 0.25) is 0 Å². The second-order valence-corrected chi connectivity index (χ2v) is 8.87. The van der Waals surface area contributed by atoms with Gasteiger partial charge in [0.15, 0.2) is 0 Å². The SMILES string of the molecule is O=C(Oc1ccc(S(=O)(=O)[O-])c(C2CCCCC2)c1)c1ccccc1I. The van der Waals surface area contributed by atoms with Crippen molar-refractivity contribution in [3.05, 3.63) is 57.2 Å². The highest BCUT2D eigenvalue weighted by Gasteiger charge is 2.22.